The number of ketones is 1. The molecule has 4 saturated carbocycles. The maximum absolute atomic E-state index is 13.4. The fourth-order valence-electron chi connectivity index (χ4n) is 8.42. The van der Waals surface area contributed by atoms with E-state index in [1.807, 2.05) is 6.92 Å². The molecule has 5 rings (SSSR count). The van der Waals surface area contributed by atoms with Gasteiger partial charge in [-0.2, -0.15) is 0 Å². The molecule has 6 heteroatoms. The summed E-state index contributed by atoms with van der Waals surface area (Å²) < 4.78 is 1.60. The molecule has 30 heavy (non-hydrogen) atoms. The van der Waals surface area contributed by atoms with Crippen molar-refractivity contribution in [1.82, 2.24) is 20.2 Å². The van der Waals surface area contributed by atoms with E-state index in [2.05, 4.69) is 29.4 Å². The molecule has 166 valence electrons. The van der Waals surface area contributed by atoms with E-state index in [9.17, 15) is 9.90 Å². The highest BCUT2D eigenvalue weighted by atomic mass is 16.3. The first-order chi connectivity index (χ1) is 14.3. The van der Waals surface area contributed by atoms with Crippen molar-refractivity contribution in [3.05, 3.63) is 6.33 Å². The zero-order valence-electron chi connectivity index (χ0n) is 18.8. The minimum atomic E-state index is -0.456. The van der Waals surface area contributed by atoms with Crippen LogP contribution < -0.4 is 0 Å². The third-order valence-corrected chi connectivity index (χ3v) is 9.67. The summed E-state index contributed by atoms with van der Waals surface area (Å²) in [6, 6.07) is 0. The van der Waals surface area contributed by atoms with Gasteiger partial charge < -0.3 is 5.11 Å². The monoisotopic (exact) mass is 414 g/mol. The van der Waals surface area contributed by atoms with Crippen LogP contribution in [0.15, 0.2) is 6.33 Å². The van der Waals surface area contributed by atoms with Gasteiger partial charge in [-0.3, -0.25) is 4.79 Å². The Hall–Kier alpha value is -1.30. The Balaban J connectivity index is 1.37. The van der Waals surface area contributed by atoms with Gasteiger partial charge in [0.05, 0.1) is 5.60 Å². The Morgan fingerprint density at radius 2 is 1.90 bits per heavy atom. The first-order valence-electron chi connectivity index (χ1n) is 12.3. The molecule has 0 amide bonds. The van der Waals surface area contributed by atoms with Crippen molar-refractivity contribution in [3.63, 3.8) is 0 Å². The molecular weight excluding hydrogens is 376 g/mol. The van der Waals surface area contributed by atoms with Crippen LogP contribution in [0.5, 0.6) is 0 Å². The van der Waals surface area contributed by atoms with E-state index in [-0.39, 0.29) is 11.3 Å². The average Bonchev–Trinajstić information content (AvgIpc) is 3.15. The topological polar surface area (TPSA) is 80.9 Å². The van der Waals surface area contributed by atoms with E-state index in [1.54, 1.807) is 11.0 Å². The van der Waals surface area contributed by atoms with E-state index in [0.29, 0.717) is 24.2 Å². The quantitative estimate of drug-likeness (QED) is 0.763. The molecule has 7 atom stereocenters. The Bertz CT molecular complexity index is 768. The summed E-state index contributed by atoms with van der Waals surface area (Å²) in [4.78, 5) is 13.4. The van der Waals surface area contributed by atoms with Crippen molar-refractivity contribution in [2.24, 2.45) is 46.8 Å². The lowest BCUT2D eigenvalue weighted by Crippen LogP contribution is -2.48. The number of nitrogens with zero attached hydrogens (tertiary/aromatic N) is 4. The Morgan fingerprint density at radius 1 is 1.13 bits per heavy atom. The Labute approximate surface area is 180 Å². The van der Waals surface area contributed by atoms with E-state index in [4.69, 9.17) is 0 Å². The van der Waals surface area contributed by atoms with Gasteiger partial charge in [-0.25, -0.2) is 4.68 Å². The largest absolute Gasteiger partial charge is 0.390 e. The van der Waals surface area contributed by atoms with E-state index in [1.165, 1.54) is 44.9 Å². The van der Waals surface area contributed by atoms with Crippen molar-refractivity contribution in [1.29, 1.82) is 0 Å². The molecule has 6 nitrogen and oxygen atoms in total. The maximum atomic E-state index is 13.4. The number of fused-ring (bicyclic) bond motifs is 3. The van der Waals surface area contributed by atoms with Gasteiger partial charge in [0.15, 0.2) is 5.78 Å². The molecule has 4 fully saturated rings. The highest BCUT2D eigenvalue weighted by Gasteiger charge is 2.70. The molecule has 0 spiro atoms. The van der Waals surface area contributed by atoms with Gasteiger partial charge in [0.2, 0.25) is 0 Å². The summed E-state index contributed by atoms with van der Waals surface area (Å²) in [5, 5.41) is 21.8. The summed E-state index contributed by atoms with van der Waals surface area (Å²) in [7, 11) is 0. The number of hydrogen-bond acceptors (Lipinski definition) is 5. The molecular formula is C24H38N4O2. The zero-order chi connectivity index (χ0) is 21.1. The van der Waals surface area contributed by atoms with Gasteiger partial charge in [-0.1, -0.05) is 26.7 Å². The predicted molar refractivity (Wildman–Crippen MR) is 113 cm³/mol. The number of rotatable bonds is 6. The standard InChI is InChI=1S/C24H38N4O2/c1-4-5-17-16(15-6-9-23(2,30)10-7-15)8-11-24(3)21(17)18-12-19(18)22(24)20(29)13-28-14-25-26-27-28/h14-19,21-22,30H,4-13H2,1-3H3/t15?,16-,17-,18-,19+,21-,22-,23?,24+/m1/s1. The number of carbonyl (C=O) groups excluding carboxylic acids is 1. The van der Waals surface area contributed by atoms with Crippen LogP contribution in [0.4, 0.5) is 0 Å². The fourth-order valence-corrected chi connectivity index (χ4v) is 8.42. The van der Waals surface area contributed by atoms with Gasteiger partial charge in [0.1, 0.15) is 12.9 Å². The summed E-state index contributed by atoms with van der Waals surface area (Å²) >= 11 is 0. The van der Waals surface area contributed by atoms with Crippen LogP contribution in [0.25, 0.3) is 0 Å². The van der Waals surface area contributed by atoms with Crippen molar-refractivity contribution in [2.45, 2.75) is 90.7 Å². The third kappa shape index (κ3) is 3.34. The highest BCUT2D eigenvalue weighted by molar-refractivity contribution is 5.83. The fraction of sp³-hybridized carbons (Fsp3) is 0.917. The molecule has 1 aromatic heterocycles. The van der Waals surface area contributed by atoms with Crippen molar-refractivity contribution < 1.29 is 9.90 Å². The SMILES string of the molecule is CCC[C@H]1[C@@H]2[C@@H]3C[C@@H]3[C@H](C(=O)Cn3cnnn3)[C@@]2(C)CC[C@@H]1C1CCC(C)(O)CC1. The van der Waals surface area contributed by atoms with E-state index >= 15 is 0 Å². The van der Waals surface area contributed by atoms with Crippen LogP contribution in [-0.4, -0.2) is 36.7 Å². The van der Waals surface area contributed by atoms with Crippen LogP contribution in [0.1, 0.15) is 78.6 Å². The van der Waals surface area contributed by atoms with Crippen molar-refractivity contribution in [2.75, 3.05) is 0 Å². The smallest absolute Gasteiger partial charge is 0.158 e. The molecule has 0 aliphatic heterocycles. The maximum Gasteiger partial charge on any atom is 0.158 e. The number of aromatic nitrogens is 4. The normalized spacial score (nSPS) is 47.5. The lowest BCUT2D eigenvalue weighted by atomic mass is 9.51. The van der Waals surface area contributed by atoms with Crippen LogP contribution in [0, 0.1) is 46.8 Å². The van der Waals surface area contributed by atoms with Crippen LogP contribution >= 0.6 is 0 Å². The molecule has 0 bridgehead atoms. The van der Waals surface area contributed by atoms with Crippen molar-refractivity contribution in [3.8, 4) is 0 Å². The summed E-state index contributed by atoms with van der Waals surface area (Å²) in [6.45, 7) is 7.10. The third-order valence-electron chi connectivity index (χ3n) is 9.67. The second-order valence-electron chi connectivity index (χ2n) is 11.5. The second kappa shape index (κ2) is 7.39. The van der Waals surface area contributed by atoms with Gasteiger partial charge in [0, 0.05) is 5.92 Å². The van der Waals surface area contributed by atoms with Gasteiger partial charge >= 0.3 is 0 Å². The Kier molecular flexibility index (Phi) is 5.07. The lowest BCUT2D eigenvalue weighted by Gasteiger charge is -2.53. The number of carbonyl (C=O) groups is 1. The highest BCUT2D eigenvalue weighted by Crippen LogP contribution is 2.73. The first-order valence-corrected chi connectivity index (χ1v) is 12.3. The summed E-state index contributed by atoms with van der Waals surface area (Å²) in [6.07, 6.45) is 12.1. The first kappa shape index (κ1) is 20.6. The molecule has 4 aliphatic rings. The molecule has 0 unspecified atom stereocenters. The molecule has 1 heterocycles. The number of hydrogen-bond donors (Lipinski definition) is 1. The van der Waals surface area contributed by atoms with Crippen LogP contribution in [0.2, 0.25) is 0 Å². The molecule has 1 aromatic rings. The second-order valence-corrected chi connectivity index (χ2v) is 11.5. The van der Waals surface area contributed by atoms with Crippen LogP contribution in [-0.2, 0) is 11.3 Å². The molecule has 4 aliphatic carbocycles. The molecule has 0 radical (unpaired) electrons. The molecule has 0 saturated heterocycles. The average molecular weight is 415 g/mol. The molecule has 0 aromatic carbocycles. The number of tetrazole rings is 1. The van der Waals surface area contributed by atoms with Gasteiger partial charge in [0.25, 0.3) is 0 Å². The van der Waals surface area contributed by atoms with Gasteiger partial charge in [-0.05, 0) is 103 Å². The van der Waals surface area contributed by atoms with Gasteiger partial charge in [-0.15, -0.1) is 5.10 Å². The predicted octanol–water partition coefficient (Wildman–Crippen LogP) is 3.90. The number of aliphatic hydroxyl groups is 1. The van der Waals surface area contributed by atoms with Crippen LogP contribution in [0.3, 0.4) is 0 Å². The van der Waals surface area contributed by atoms with Crippen molar-refractivity contribution >= 4 is 5.78 Å². The minimum Gasteiger partial charge on any atom is -0.390 e. The summed E-state index contributed by atoms with van der Waals surface area (Å²) in [5.74, 6) is 4.88. The minimum absolute atomic E-state index is 0.148. The zero-order valence-corrected chi connectivity index (χ0v) is 18.8. The lowest BCUT2D eigenvalue weighted by molar-refractivity contribution is -0.132. The Morgan fingerprint density at radius 3 is 2.57 bits per heavy atom. The van der Waals surface area contributed by atoms with E-state index < -0.39 is 5.60 Å². The number of Topliss-reactive ketones (excluding diaryl/α,β-unsaturated/α-hetero) is 1. The molecule has 1 N–H and O–H groups in total. The summed E-state index contributed by atoms with van der Waals surface area (Å²) in [5.41, 5.74) is -0.308. The van der Waals surface area contributed by atoms with E-state index in [0.717, 1.165) is 36.5 Å².